The highest BCUT2D eigenvalue weighted by molar-refractivity contribution is 6.29. The predicted octanol–water partition coefficient (Wildman–Crippen LogP) is 3.92. The third-order valence-electron chi connectivity index (χ3n) is 2.34. The first kappa shape index (κ1) is 11.4. The van der Waals surface area contributed by atoms with Gasteiger partial charge in [-0.2, -0.15) is 4.39 Å². The molecule has 0 atom stereocenters. The van der Waals surface area contributed by atoms with Crippen molar-refractivity contribution in [2.75, 3.05) is 0 Å². The van der Waals surface area contributed by atoms with Gasteiger partial charge in [0, 0.05) is 5.56 Å². The molecule has 0 aliphatic rings. The molecule has 1 aromatic heterocycles. The Morgan fingerprint density at radius 1 is 1.43 bits per heavy atom. The van der Waals surface area contributed by atoms with Crippen molar-refractivity contribution in [2.45, 2.75) is 39.5 Å². The van der Waals surface area contributed by atoms with Crippen LogP contribution < -0.4 is 0 Å². The van der Waals surface area contributed by atoms with Crippen molar-refractivity contribution < 1.29 is 4.39 Å². The lowest BCUT2D eigenvalue weighted by Crippen LogP contribution is -1.97. The van der Waals surface area contributed by atoms with Crippen molar-refractivity contribution in [1.29, 1.82) is 0 Å². The lowest BCUT2D eigenvalue weighted by Gasteiger charge is -2.06. The zero-order valence-electron chi connectivity index (χ0n) is 8.61. The first-order chi connectivity index (χ1) is 6.65. The lowest BCUT2D eigenvalue weighted by molar-refractivity contribution is 0.569. The zero-order valence-corrected chi connectivity index (χ0v) is 9.36. The molecule has 0 fully saturated rings. The van der Waals surface area contributed by atoms with E-state index in [1.165, 1.54) is 12.8 Å². The van der Waals surface area contributed by atoms with Crippen LogP contribution >= 0.6 is 11.6 Å². The van der Waals surface area contributed by atoms with Gasteiger partial charge in [-0.1, -0.05) is 31.4 Å². The normalized spacial score (nSPS) is 10.6. The fourth-order valence-electron chi connectivity index (χ4n) is 1.42. The summed E-state index contributed by atoms with van der Waals surface area (Å²) in [7, 11) is 0. The highest BCUT2D eigenvalue weighted by Gasteiger charge is 2.06. The van der Waals surface area contributed by atoms with Crippen LogP contribution in [0.15, 0.2) is 6.07 Å². The topological polar surface area (TPSA) is 12.9 Å². The van der Waals surface area contributed by atoms with Gasteiger partial charge in [-0.05, 0) is 31.4 Å². The summed E-state index contributed by atoms with van der Waals surface area (Å²) in [5.41, 5.74) is 1.61. The fourth-order valence-corrected chi connectivity index (χ4v) is 1.63. The second-order valence-corrected chi connectivity index (χ2v) is 3.86. The SMILES string of the molecule is CCCCCc1cc(Cl)nc(F)c1C. The highest BCUT2D eigenvalue weighted by Crippen LogP contribution is 2.18. The van der Waals surface area contributed by atoms with Crippen LogP contribution in [0.3, 0.4) is 0 Å². The predicted molar refractivity (Wildman–Crippen MR) is 57.2 cm³/mol. The Kier molecular flexibility index (Phi) is 4.33. The van der Waals surface area contributed by atoms with Crippen LogP contribution in [0.2, 0.25) is 5.15 Å². The monoisotopic (exact) mass is 215 g/mol. The van der Waals surface area contributed by atoms with Crippen molar-refractivity contribution >= 4 is 11.6 Å². The Balaban J connectivity index is 2.75. The van der Waals surface area contributed by atoms with E-state index in [1.807, 2.05) is 0 Å². The summed E-state index contributed by atoms with van der Waals surface area (Å²) in [6, 6.07) is 1.76. The van der Waals surface area contributed by atoms with Gasteiger partial charge in [0.2, 0.25) is 5.95 Å². The molecule has 1 aromatic rings. The molecule has 0 aliphatic heterocycles. The van der Waals surface area contributed by atoms with Crippen molar-refractivity contribution in [3.8, 4) is 0 Å². The number of halogens is 2. The molecule has 0 saturated carbocycles. The maximum absolute atomic E-state index is 13.2. The first-order valence-corrected chi connectivity index (χ1v) is 5.34. The van der Waals surface area contributed by atoms with Gasteiger partial charge in [0.05, 0.1) is 0 Å². The number of aryl methyl sites for hydroxylation is 1. The molecule has 0 saturated heterocycles. The third kappa shape index (κ3) is 2.95. The standard InChI is InChI=1S/C11H15ClFN/c1-3-4-5-6-9-7-10(12)14-11(13)8(9)2/h7H,3-6H2,1-2H3. The number of pyridine rings is 1. The summed E-state index contributed by atoms with van der Waals surface area (Å²) in [4.78, 5) is 3.56. The van der Waals surface area contributed by atoms with Crippen LogP contribution in [0.1, 0.15) is 37.3 Å². The Hall–Kier alpha value is -0.630. The molecule has 0 N–H and O–H groups in total. The Morgan fingerprint density at radius 2 is 2.14 bits per heavy atom. The summed E-state index contributed by atoms with van der Waals surface area (Å²) in [5.74, 6) is -0.441. The van der Waals surface area contributed by atoms with Gasteiger partial charge in [-0.3, -0.25) is 0 Å². The van der Waals surface area contributed by atoms with Crippen LogP contribution in [0, 0.1) is 12.9 Å². The molecule has 1 heterocycles. The van der Waals surface area contributed by atoms with E-state index in [1.54, 1.807) is 13.0 Å². The minimum absolute atomic E-state index is 0.250. The average molecular weight is 216 g/mol. The summed E-state index contributed by atoms with van der Waals surface area (Å²) < 4.78 is 13.2. The second kappa shape index (κ2) is 5.30. The van der Waals surface area contributed by atoms with E-state index in [0.29, 0.717) is 5.56 Å². The van der Waals surface area contributed by atoms with Crippen LogP contribution in [-0.2, 0) is 6.42 Å². The molecule has 0 bridgehead atoms. The quantitative estimate of drug-likeness (QED) is 0.548. The average Bonchev–Trinajstić information content (AvgIpc) is 2.13. The molecule has 78 valence electrons. The van der Waals surface area contributed by atoms with Gasteiger partial charge in [-0.15, -0.1) is 0 Å². The molecule has 0 radical (unpaired) electrons. The first-order valence-electron chi connectivity index (χ1n) is 4.96. The largest absolute Gasteiger partial charge is 0.217 e. The number of rotatable bonds is 4. The summed E-state index contributed by atoms with van der Waals surface area (Å²) in [5, 5.41) is 0.250. The van der Waals surface area contributed by atoms with Crippen LogP contribution in [-0.4, -0.2) is 4.98 Å². The maximum atomic E-state index is 13.2. The number of nitrogens with zero attached hydrogens (tertiary/aromatic N) is 1. The zero-order chi connectivity index (χ0) is 10.6. The second-order valence-electron chi connectivity index (χ2n) is 3.48. The van der Waals surface area contributed by atoms with Gasteiger partial charge in [0.25, 0.3) is 0 Å². The molecule has 14 heavy (non-hydrogen) atoms. The van der Waals surface area contributed by atoms with E-state index in [-0.39, 0.29) is 5.15 Å². The van der Waals surface area contributed by atoms with E-state index in [4.69, 9.17) is 11.6 Å². The van der Waals surface area contributed by atoms with Gasteiger partial charge in [0.15, 0.2) is 0 Å². The summed E-state index contributed by atoms with van der Waals surface area (Å²) in [6.45, 7) is 3.90. The molecule has 0 spiro atoms. The van der Waals surface area contributed by atoms with Gasteiger partial charge in [-0.25, -0.2) is 4.98 Å². The number of unbranched alkanes of at least 4 members (excludes halogenated alkanes) is 2. The van der Waals surface area contributed by atoms with Crippen molar-refractivity contribution in [2.24, 2.45) is 0 Å². The Bertz CT molecular complexity index is 312. The molecule has 0 aliphatic carbocycles. The van der Waals surface area contributed by atoms with E-state index in [9.17, 15) is 4.39 Å². The molecule has 0 unspecified atom stereocenters. The van der Waals surface area contributed by atoms with Crippen molar-refractivity contribution in [3.63, 3.8) is 0 Å². The third-order valence-corrected chi connectivity index (χ3v) is 2.53. The van der Waals surface area contributed by atoms with E-state index >= 15 is 0 Å². The molecule has 3 heteroatoms. The van der Waals surface area contributed by atoms with Gasteiger partial charge < -0.3 is 0 Å². The molecule has 0 aromatic carbocycles. The van der Waals surface area contributed by atoms with Crippen LogP contribution in [0.4, 0.5) is 4.39 Å². The summed E-state index contributed by atoms with van der Waals surface area (Å²) in [6.07, 6.45) is 4.30. The summed E-state index contributed by atoms with van der Waals surface area (Å²) >= 11 is 5.68. The minimum atomic E-state index is -0.441. The van der Waals surface area contributed by atoms with Crippen LogP contribution in [0.25, 0.3) is 0 Å². The van der Waals surface area contributed by atoms with Gasteiger partial charge >= 0.3 is 0 Å². The Morgan fingerprint density at radius 3 is 2.79 bits per heavy atom. The molecular formula is C11H15ClFN. The van der Waals surface area contributed by atoms with Crippen molar-refractivity contribution in [1.82, 2.24) is 4.98 Å². The fraction of sp³-hybridized carbons (Fsp3) is 0.545. The van der Waals surface area contributed by atoms with Crippen LogP contribution in [0.5, 0.6) is 0 Å². The van der Waals surface area contributed by atoms with E-state index < -0.39 is 5.95 Å². The van der Waals surface area contributed by atoms with E-state index in [2.05, 4.69) is 11.9 Å². The molecular weight excluding hydrogens is 201 g/mol. The van der Waals surface area contributed by atoms with E-state index in [0.717, 1.165) is 18.4 Å². The Labute approximate surface area is 89.3 Å². The molecule has 1 nitrogen and oxygen atoms in total. The lowest BCUT2D eigenvalue weighted by atomic mass is 10.0. The highest BCUT2D eigenvalue weighted by atomic mass is 35.5. The number of aromatic nitrogens is 1. The molecule has 0 amide bonds. The van der Waals surface area contributed by atoms with Crippen molar-refractivity contribution in [3.05, 3.63) is 28.3 Å². The smallest absolute Gasteiger partial charge is 0.208 e. The van der Waals surface area contributed by atoms with Gasteiger partial charge in [0.1, 0.15) is 5.15 Å². The number of hydrogen-bond donors (Lipinski definition) is 0. The number of hydrogen-bond acceptors (Lipinski definition) is 1. The maximum Gasteiger partial charge on any atom is 0.217 e. The molecule has 1 rings (SSSR count). The minimum Gasteiger partial charge on any atom is -0.208 e.